The summed E-state index contributed by atoms with van der Waals surface area (Å²) in [5.41, 5.74) is 5.50. The second kappa shape index (κ2) is 4.73. The molecular formula is C6H17N3. The van der Waals surface area contributed by atoms with Crippen molar-refractivity contribution in [3.8, 4) is 0 Å². The molecule has 0 aliphatic heterocycles. The fourth-order valence-corrected chi connectivity index (χ4v) is 0.465. The van der Waals surface area contributed by atoms with Crippen LogP contribution in [0.15, 0.2) is 0 Å². The molecule has 1 atom stereocenters. The van der Waals surface area contributed by atoms with Crippen LogP contribution >= 0.6 is 0 Å². The van der Waals surface area contributed by atoms with Gasteiger partial charge in [-0.05, 0) is 13.0 Å². The highest BCUT2D eigenvalue weighted by Gasteiger charge is 1.96. The number of nitrogens with two attached hydrogens (primary N) is 1. The van der Waals surface area contributed by atoms with Crippen LogP contribution in [0.25, 0.3) is 0 Å². The van der Waals surface area contributed by atoms with E-state index >= 15 is 0 Å². The Morgan fingerprint density at radius 1 is 1.44 bits per heavy atom. The van der Waals surface area contributed by atoms with E-state index in [0.29, 0.717) is 5.92 Å². The van der Waals surface area contributed by atoms with Crippen molar-refractivity contribution < 1.29 is 0 Å². The van der Waals surface area contributed by atoms with E-state index in [-0.39, 0.29) is 6.29 Å². The first kappa shape index (κ1) is 8.88. The summed E-state index contributed by atoms with van der Waals surface area (Å²) < 4.78 is 0. The third-order valence-corrected chi connectivity index (χ3v) is 1.06. The van der Waals surface area contributed by atoms with Gasteiger partial charge in [-0.15, -0.1) is 0 Å². The van der Waals surface area contributed by atoms with E-state index in [4.69, 9.17) is 5.73 Å². The minimum Gasteiger partial charge on any atom is -0.304 e. The molecule has 0 radical (unpaired) electrons. The molecule has 0 aromatic heterocycles. The van der Waals surface area contributed by atoms with Crippen LogP contribution in [-0.4, -0.2) is 19.9 Å². The predicted molar refractivity (Wildman–Crippen MR) is 39.9 cm³/mol. The summed E-state index contributed by atoms with van der Waals surface area (Å²) in [6.07, 6.45) is -0.0626. The SMILES string of the molecule is CNC(N)NCC(C)C. The van der Waals surface area contributed by atoms with E-state index in [1.54, 1.807) is 0 Å². The highest BCUT2D eigenvalue weighted by atomic mass is 15.2. The first-order valence-electron chi connectivity index (χ1n) is 3.33. The first-order chi connectivity index (χ1) is 4.16. The van der Waals surface area contributed by atoms with Crippen molar-refractivity contribution in [2.45, 2.75) is 20.1 Å². The first-order valence-corrected chi connectivity index (χ1v) is 3.33. The fourth-order valence-electron chi connectivity index (χ4n) is 0.465. The summed E-state index contributed by atoms with van der Waals surface area (Å²) in [7, 11) is 1.83. The number of hydrogen-bond donors (Lipinski definition) is 3. The molecule has 0 rings (SSSR count). The van der Waals surface area contributed by atoms with E-state index in [1.165, 1.54) is 0 Å². The average Bonchev–Trinajstić information content (AvgIpc) is 1.83. The van der Waals surface area contributed by atoms with Crippen molar-refractivity contribution in [3.05, 3.63) is 0 Å². The van der Waals surface area contributed by atoms with Gasteiger partial charge in [-0.3, -0.25) is 10.6 Å². The molecule has 1 unspecified atom stereocenters. The normalized spacial score (nSPS) is 14.3. The van der Waals surface area contributed by atoms with Crippen LogP contribution < -0.4 is 16.4 Å². The lowest BCUT2D eigenvalue weighted by Gasteiger charge is -2.13. The third-order valence-electron chi connectivity index (χ3n) is 1.06. The fraction of sp³-hybridized carbons (Fsp3) is 1.00. The maximum Gasteiger partial charge on any atom is 0.109 e. The summed E-state index contributed by atoms with van der Waals surface area (Å²) >= 11 is 0. The topological polar surface area (TPSA) is 50.1 Å². The molecule has 56 valence electrons. The molecule has 0 fully saturated rings. The zero-order valence-corrected chi connectivity index (χ0v) is 6.44. The Labute approximate surface area is 57.0 Å². The second-order valence-electron chi connectivity index (χ2n) is 2.57. The Kier molecular flexibility index (Phi) is 4.67. The quantitative estimate of drug-likeness (QED) is 0.459. The van der Waals surface area contributed by atoms with Crippen LogP contribution in [0.2, 0.25) is 0 Å². The lowest BCUT2D eigenvalue weighted by molar-refractivity contribution is 0.431. The van der Waals surface area contributed by atoms with Gasteiger partial charge >= 0.3 is 0 Å². The van der Waals surface area contributed by atoms with Crippen LogP contribution in [0.4, 0.5) is 0 Å². The molecule has 0 saturated carbocycles. The van der Waals surface area contributed by atoms with Gasteiger partial charge in [0, 0.05) is 6.54 Å². The molecular weight excluding hydrogens is 114 g/mol. The summed E-state index contributed by atoms with van der Waals surface area (Å²) in [6, 6.07) is 0. The summed E-state index contributed by atoms with van der Waals surface area (Å²) in [4.78, 5) is 0. The molecule has 0 heterocycles. The molecule has 9 heavy (non-hydrogen) atoms. The van der Waals surface area contributed by atoms with Gasteiger partial charge in [-0.1, -0.05) is 13.8 Å². The summed E-state index contributed by atoms with van der Waals surface area (Å²) in [5, 5.41) is 5.99. The molecule has 3 nitrogen and oxygen atoms in total. The van der Waals surface area contributed by atoms with Crippen LogP contribution in [-0.2, 0) is 0 Å². The number of nitrogens with one attached hydrogen (secondary N) is 2. The molecule has 0 aliphatic rings. The Bertz CT molecular complexity index is 63.3. The zero-order chi connectivity index (χ0) is 7.28. The van der Waals surface area contributed by atoms with Gasteiger partial charge < -0.3 is 5.73 Å². The molecule has 0 saturated heterocycles. The maximum atomic E-state index is 5.50. The average molecular weight is 131 g/mol. The Morgan fingerprint density at radius 2 is 2.00 bits per heavy atom. The third kappa shape index (κ3) is 5.76. The van der Waals surface area contributed by atoms with E-state index in [9.17, 15) is 0 Å². The Morgan fingerprint density at radius 3 is 2.33 bits per heavy atom. The highest BCUT2D eigenvalue weighted by molar-refractivity contribution is 4.54. The minimum atomic E-state index is -0.0626. The van der Waals surface area contributed by atoms with Gasteiger partial charge in [-0.25, -0.2) is 0 Å². The van der Waals surface area contributed by atoms with Crippen molar-refractivity contribution in [1.82, 2.24) is 10.6 Å². The van der Waals surface area contributed by atoms with E-state index in [2.05, 4.69) is 24.5 Å². The Balaban J connectivity index is 3.06. The molecule has 0 aromatic carbocycles. The lowest BCUT2D eigenvalue weighted by atomic mass is 10.2. The summed E-state index contributed by atoms with van der Waals surface area (Å²) in [5.74, 6) is 0.657. The van der Waals surface area contributed by atoms with Crippen molar-refractivity contribution in [2.24, 2.45) is 11.7 Å². The standard InChI is InChI=1S/C6H17N3/c1-5(2)4-9-6(7)8-3/h5-6,8-9H,4,7H2,1-3H3. The van der Waals surface area contributed by atoms with Crippen LogP contribution in [0.5, 0.6) is 0 Å². The van der Waals surface area contributed by atoms with Gasteiger partial charge in [0.05, 0.1) is 0 Å². The molecule has 4 N–H and O–H groups in total. The van der Waals surface area contributed by atoms with Gasteiger partial charge in [0.15, 0.2) is 0 Å². The number of rotatable bonds is 4. The van der Waals surface area contributed by atoms with Crippen molar-refractivity contribution in [1.29, 1.82) is 0 Å². The highest BCUT2D eigenvalue weighted by Crippen LogP contribution is 1.85. The molecule has 0 bridgehead atoms. The minimum absolute atomic E-state index is 0.0626. The van der Waals surface area contributed by atoms with E-state index in [1.807, 2.05) is 7.05 Å². The van der Waals surface area contributed by atoms with Crippen molar-refractivity contribution in [3.63, 3.8) is 0 Å². The largest absolute Gasteiger partial charge is 0.304 e. The van der Waals surface area contributed by atoms with Crippen molar-refractivity contribution in [2.75, 3.05) is 13.6 Å². The number of hydrogen-bond acceptors (Lipinski definition) is 3. The smallest absolute Gasteiger partial charge is 0.109 e. The van der Waals surface area contributed by atoms with Gasteiger partial charge in [0.1, 0.15) is 6.29 Å². The van der Waals surface area contributed by atoms with Crippen LogP contribution in [0, 0.1) is 5.92 Å². The molecule has 0 aromatic rings. The van der Waals surface area contributed by atoms with Crippen LogP contribution in [0.3, 0.4) is 0 Å². The van der Waals surface area contributed by atoms with Gasteiger partial charge in [0.25, 0.3) is 0 Å². The molecule has 0 amide bonds. The zero-order valence-electron chi connectivity index (χ0n) is 6.44. The van der Waals surface area contributed by atoms with Gasteiger partial charge in [-0.2, -0.15) is 0 Å². The molecule has 3 heteroatoms. The maximum absolute atomic E-state index is 5.50. The molecule has 0 spiro atoms. The summed E-state index contributed by atoms with van der Waals surface area (Å²) in [6.45, 7) is 5.26. The van der Waals surface area contributed by atoms with E-state index < -0.39 is 0 Å². The monoisotopic (exact) mass is 131 g/mol. The predicted octanol–water partition coefficient (Wildman–Crippen LogP) is -0.306. The second-order valence-corrected chi connectivity index (χ2v) is 2.57. The Hall–Kier alpha value is -0.120. The van der Waals surface area contributed by atoms with E-state index in [0.717, 1.165) is 6.54 Å². The van der Waals surface area contributed by atoms with Gasteiger partial charge in [0.2, 0.25) is 0 Å². The molecule has 0 aliphatic carbocycles. The van der Waals surface area contributed by atoms with Crippen LogP contribution in [0.1, 0.15) is 13.8 Å². The lowest BCUT2D eigenvalue weighted by Crippen LogP contribution is -2.48. The van der Waals surface area contributed by atoms with Crippen molar-refractivity contribution >= 4 is 0 Å².